The lowest BCUT2D eigenvalue weighted by Crippen LogP contribution is -2.38. The number of hydrogen-bond acceptors (Lipinski definition) is 3. The maximum absolute atomic E-state index is 5.40. The molecule has 0 radical (unpaired) electrons. The molecule has 1 N–H and O–H groups in total. The van der Waals surface area contributed by atoms with Crippen LogP contribution in [-0.4, -0.2) is 19.4 Å². The molecule has 0 aromatic heterocycles. The summed E-state index contributed by atoms with van der Waals surface area (Å²) in [6.45, 7) is 6.84. The molecule has 1 heterocycles. The van der Waals surface area contributed by atoms with Gasteiger partial charge < -0.3 is 14.8 Å². The summed E-state index contributed by atoms with van der Waals surface area (Å²) in [5, 5.41) is 3.31. The summed E-state index contributed by atoms with van der Waals surface area (Å²) in [4.78, 5) is 0. The van der Waals surface area contributed by atoms with E-state index in [1.165, 1.54) is 11.1 Å². The van der Waals surface area contributed by atoms with Crippen LogP contribution in [-0.2, 0) is 6.42 Å². The summed E-state index contributed by atoms with van der Waals surface area (Å²) in [5.41, 5.74) is 2.66. The topological polar surface area (TPSA) is 30.5 Å². The zero-order valence-electron chi connectivity index (χ0n) is 10.4. The number of rotatable bonds is 3. The zero-order chi connectivity index (χ0) is 11.8. The first kappa shape index (κ1) is 11.3. The zero-order valence-corrected chi connectivity index (χ0v) is 10.4. The molecule has 0 aliphatic carbocycles. The summed E-state index contributed by atoms with van der Waals surface area (Å²) < 4.78 is 10.8. The van der Waals surface area contributed by atoms with Crippen molar-refractivity contribution in [2.24, 2.45) is 0 Å². The third kappa shape index (κ3) is 2.14. The van der Waals surface area contributed by atoms with Crippen molar-refractivity contribution in [3.63, 3.8) is 0 Å². The highest BCUT2D eigenvalue weighted by molar-refractivity contribution is 5.48. The number of likely N-dealkylation sites (N-methyl/N-ethyl adjacent to an activating group) is 1. The third-order valence-electron chi connectivity index (χ3n) is 3.14. The molecule has 3 nitrogen and oxygen atoms in total. The molecule has 88 valence electrons. The predicted octanol–water partition coefficient (Wildman–Crippen LogP) is 2.26. The fourth-order valence-electron chi connectivity index (χ4n) is 1.84. The van der Waals surface area contributed by atoms with Gasteiger partial charge in [-0.2, -0.15) is 0 Å². The van der Waals surface area contributed by atoms with Crippen molar-refractivity contribution in [2.75, 3.05) is 13.8 Å². The number of aryl methyl sites for hydroxylation is 1. The number of nitrogens with one attached hydrogen (secondary N) is 1. The second-order valence-electron chi connectivity index (χ2n) is 4.94. The van der Waals surface area contributed by atoms with Gasteiger partial charge in [0.25, 0.3) is 0 Å². The van der Waals surface area contributed by atoms with E-state index in [2.05, 4.69) is 38.2 Å². The van der Waals surface area contributed by atoms with Gasteiger partial charge in [-0.05, 0) is 57.5 Å². The molecule has 0 saturated carbocycles. The lowest BCUT2D eigenvalue weighted by molar-refractivity contribution is 0.174. The van der Waals surface area contributed by atoms with Crippen LogP contribution in [0.2, 0.25) is 0 Å². The Morgan fingerprint density at radius 1 is 1.25 bits per heavy atom. The van der Waals surface area contributed by atoms with Crippen LogP contribution in [0.25, 0.3) is 0 Å². The predicted molar refractivity (Wildman–Crippen MR) is 64.1 cm³/mol. The number of ether oxygens (including phenoxy) is 2. The van der Waals surface area contributed by atoms with Gasteiger partial charge in [-0.1, -0.05) is 0 Å². The SMILES string of the molecule is CNC(C)(C)Cc1cc2c(cc1C)OCO2. The van der Waals surface area contributed by atoms with Gasteiger partial charge in [0.15, 0.2) is 11.5 Å². The summed E-state index contributed by atoms with van der Waals surface area (Å²) in [7, 11) is 1.99. The molecule has 1 aromatic carbocycles. The average molecular weight is 221 g/mol. The van der Waals surface area contributed by atoms with Crippen molar-refractivity contribution in [2.45, 2.75) is 32.7 Å². The molecule has 0 spiro atoms. The van der Waals surface area contributed by atoms with Gasteiger partial charge >= 0.3 is 0 Å². The van der Waals surface area contributed by atoms with Gasteiger partial charge in [0.2, 0.25) is 6.79 Å². The number of benzene rings is 1. The van der Waals surface area contributed by atoms with Crippen LogP contribution >= 0.6 is 0 Å². The van der Waals surface area contributed by atoms with Crippen molar-refractivity contribution >= 4 is 0 Å². The standard InChI is InChI=1S/C13H19NO2/c1-9-5-11-12(16-8-15-11)6-10(9)7-13(2,3)14-4/h5-6,14H,7-8H2,1-4H3. The van der Waals surface area contributed by atoms with Gasteiger partial charge in [-0.15, -0.1) is 0 Å². The van der Waals surface area contributed by atoms with E-state index < -0.39 is 0 Å². The Hall–Kier alpha value is -1.22. The summed E-state index contributed by atoms with van der Waals surface area (Å²) in [5.74, 6) is 1.73. The van der Waals surface area contributed by atoms with E-state index in [1.807, 2.05) is 7.05 Å². The smallest absolute Gasteiger partial charge is 0.231 e. The van der Waals surface area contributed by atoms with Crippen LogP contribution < -0.4 is 14.8 Å². The minimum absolute atomic E-state index is 0.0957. The summed E-state index contributed by atoms with van der Waals surface area (Å²) in [6, 6.07) is 4.15. The molecule has 0 fully saturated rings. The average Bonchev–Trinajstić information content (AvgIpc) is 2.65. The molecule has 0 atom stereocenters. The van der Waals surface area contributed by atoms with Crippen molar-refractivity contribution in [1.29, 1.82) is 0 Å². The fourth-order valence-corrected chi connectivity index (χ4v) is 1.84. The summed E-state index contributed by atoms with van der Waals surface area (Å²) in [6.07, 6.45) is 0.978. The highest BCUT2D eigenvalue weighted by atomic mass is 16.7. The van der Waals surface area contributed by atoms with Gasteiger partial charge in [0.05, 0.1) is 0 Å². The minimum Gasteiger partial charge on any atom is -0.454 e. The first-order valence-electron chi connectivity index (χ1n) is 5.60. The van der Waals surface area contributed by atoms with Crippen LogP contribution in [0.4, 0.5) is 0 Å². The second-order valence-corrected chi connectivity index (χ2v) is 4.94. The first-order valence-corrected chi connectivity index (χ1v) is 5.60. The van der Waals surface area contributed by atoms with Gasteiger partial charge in [-0.3, -0.25) is 0 Å². The number of hydrogen-bond donors (Lipinski definition) is 1. The van der Waals surface area contributed by atoms with Crippen molar-refractivity contribution < 1.29 is 9.47 Å². The van der Waals surface area contributed by atoms with E-state index in [4.69, 9.17) is 9.47 Å². The molecule has 1 aliphatic rings. The van der Waals surface area contributed by atoms with E-state index in [0.717, 1.165) is 17.9 Å². The van der Waals surface area contributed by atoms with E-state index in [-0.39, 0.29) is 5.54 Å². The quantitative estimate of drug-likeness (QED) is 0.849. The lowest BCUT2D eigenvalue weighted by Gasteiger charge is -2.25. The Balaban J connectivity index is 2.28. The normalized spacial score (nSPS) is 14.2. The molecule has 16 heavy (non-hydrogen) atoms. The maximum Gasteiger partial charge on any atom is 0.231 e. The van der Waals surface area contributed by atoms with Gasteiger partial charge in [0.1, 0.15) is 0 Å². The third-order valence-corrected chi connectivity index (χ3v) is 3.14. The first-order chi connectivity index (χ1) is 7.52. The Morgan fingerprint density at radius 2 is 1.88 bits per heavy atom. The van der Waals surface area contributed by atoms with E-state index in [9.17, 15) is 0 Å². The Morgan fingerprint density at radius 3 is 2.50 bits per heavy atom. The van der Waals surface area contributed by atoms with Crippen LogP contribution in [0, 0.1) is 6.92 Å². The second kappa shape index (κ2) is 3.98. The Bertz CT molecular complexity index is 399. The molecule has 2 rings (SSSR count). The Kier molecular flexibility index (Phi) is 2.80. The molecule has 3 heteroatoms. The molecule has 0 unspecified atom stereocenters. The van der Waals surface area contributed by atoms with E-state index in [1.54, 1.807) is 0 Å². The maximum atomic E-state index is 5.40. The molecule has 0 saturated heterocycles. The van der Waals surface area contributed by atoms with Crippen LogP contribution in [0.3, 0.4) is 0 Å². The van der Waals surface area contributed by atoms with Crippen LogP contribution in [0.15, 0.2) is 12.1 Å². The van der Waals surface area contributed by atoms with Crippen molar-refractivity contribution in [3.05, 3.63) is 23.3 Å². The highest BCUT2D eigenvalue weighted by Gasteiger charge is 2.20. The van der Waals surface area contributed by atoms with E-state index in [0.29, 0.717) is 6.79 Å². The minimum atomic E-state index is 0.0957. The van der Waals surface area contributed by atoms with Crippen molar-refractivity contribution in [1.82, 2.24) is 5.32 Å². The molecular weight excluding hydrogens is 202 g/mol. The lowest BCUT2D eigenvalue weighted by atomic mass is 9.92. The molecule has 0 bridgehead atoms. The van der Waals surface area contributed by atoms with Crippen LogP contribution in [0.1, 0.15) is 25.0 Å². The van der Waals surface area contributed by atoms with E-state index >= 15 is 0 Å². The highest BCUT2D eigenvalue weighted by Crippen LogP contribution is 2.35. The molecule has 1 aromatic rings. The van der Waals surface area contributed by atoms with Gasteiger partial charge in [0, 0.05) is 5.54 Å². The van der Waals surface area contributed by atoms with Crippen LogP contribution in [0.5, 0.6) is 11.5 Å². The Labute approximate surface area is 96.8 Å². The fraction of sp³-hybridized carbons (Fsp3) is 0.538. The number of fused-ring (bicyclic) bond motifs is 1. The largest absolute Gasteiger partial charge is 0.454 e. The summed E-state index contributed by atoms with van der Waals surface area (Å²) >= 11 is 0. The molecular formula is C13H19NO2. The molecule has 0 amide bonds. The van der Waals surface area contributed by atoms with Crippen molar-refractivity contribution in [3.8, 4) is 11.5 Å². The molecule has 1 aliphatic heterocycles. The monoisotopic (exact) mass is 221 g/mol. The van der Waals surface area contributed by atoms with Gasteiger partial charge in [-0.25, -0.2) is 0 Å².